The molecule has 1 heterocycles. The van der Waals surface area contributed by atoms with E-state index in [0.29, 0.717) is 5.02 Å². The van der Waals surface area contributed by atoms with Crippen molar-refractivity contribution in [3.63, 3.8) is 0 Å². The molecule has 1 fully saturated rings. The Hall–Kier alpha value is -1.80. The van der Waals surface area contributed by atoms with Crippen molar-refractivity contribution in [2.24, 2.45) is 4.99 Å². The van der Waals surface area contributed by atoms with E-state index in [9.17, 15) is 0 Å². The van der Waals surface area contributed by atoms with Crippen LogP contribution in [0.2, 0.25) is 5.02 Å². The lowest BCUT2D eigenvalue weighted by Gasteiger charge is -2.28. The molecule has 108 valence electrons. The summed E-state index contributed by atoms with van der Waals surface area (Å²) in [5, 5.41) is 0.679. The molecule has 0 N–H and O–H groups in total. The standard InChI is InChI=1S/C18H19ClN2/c19-17-6-2-3-7-18(17)20-14-15-8-10-16(11-9-15)21-12-4-1-5-13-21/h2-3,6-11,14H,1,4-5,12-13H2. The van der Waals surface area contributed by atoms with Crippen molar-refractivity contribution in [2.75, 3.05) is 18.0 Å². The van der Waals surface area contributed by atoms with Gasteiger partial charge in [0.15, 0.2) is 0 Å². The molecule has 0 aromatic heterocycles. The third-order valence-electron chi connectivity index (χ3n) is 3.82. The van der Waals surface area contributed by atoms with Crippen LogP contribution in [0.25, 0.3) is 0 Å². The van der Waals surface area contributed by atoms with Crippen molar-refractivity contribution in [1.82, 2.24) is 0 Å². The summed E-state index contributed by atoms with van der Waals surface area (Å²) in [4.78, 5) is 6.90. The SMILES string of the molecule is Clc1ccccc1N=Cc1ccc(N2CCCCC2)cc1. The quantitative estimate of drug-likeness (QED) is 0.721. The van der Waals surface area contributed by atoms with Crippen LogP contribution in [0.3, 0.4) is 0 Å². The first kappa shape index (κ1) is 14.2. The molecule has 3 rings (SSSR count). The van der Waals surface area contributed by atoms with Crippen molar-refractivity contribution in [2.45, 2.75) is 19.3 Å². The molecule has 1 aliphatic rings. The van der Waals surface area contributed by atoms with Crippen LogP contribution in [0.1, 0.15) is 24.8 Å². The van der Waals surface area contributed by atoms with E-state index in [-0.39, 0.29) is 0 Å². The number of piperidine rings is 1. The van der Waals surface area contributed by atoms with Gasteiger partial charge in [-0.3, -0.25) is 4.99 Å². The van der Waals surface area contributed by atoms with Gasteiger partial charge in [0.05, 0.1) is 10.7 Å². The van der Waals surface area contributed by atoms with Gasteiger partial charge in [0, 0.05) is 25.0 Å². The molecule has 21 heavy (non-hydrogen) atoms. The number of anilines is 1. The third-order valence-corrected chi connectivity index (χ3v) is 4.14. The van der Waals surface area contributed by atoms with E-state index >= 15 is 0 Å². The zero-order valence-electron chi connectivity index (χ0n) is 12.0. The van der Waals surface area contributed by atoms with Crippen molar-refractivity contribution >= 4 is 29.2 Å². The van der Waals surface area contributed by atoms with Crippen LogP contribution in [0, 0.1) is 0 Å². The maximum absolute atomic E-state index is 6.10. The highest BCUT2D eigenvalue weighted by Crippen LogP contribution is 2.24. The monoisotopic (exact) mass is 298 g/mol. The van der Waals surface area contributed by atoms with E-state index in [1.165, 1.54) is 38.0 Å². The zero-order valence-corrected chi connectivity index (χ0v) is 12.8. The number of halogens is 1. The van der Waals surface area contributed by atoms with E-state index in [0.717, 1.165) is 11.3 Å². The number of nitrogens with zero attached hydrogens (tertiary/aromatic N) is 2. The molecular weight excluding hydrogens is 280 g/mol. The maximum atomic E-state index is 6.10. The van der Waals surface area contributed by atoms with Crippen LogP contribution < -0.4 is 4.90 Å². The minimum absolute atomic E-state index is 0.679. The normalized spacial score (nSPS) is 15.6. The summed E-state index contributed by atoms with van der Waals surface area (Å²) in [6.07, 6.45) is 5.83. The molecule has 2 nitrogen and oxygen atoms in total. The lowest BCUT2D eigenvalue weighted by atomic mass is 10.1. The van der Waals surface area contributed by atoms with Gasteiger partial charge in [-0.15, -0.1) is 0 Å². The van der Waals surface area contributed by atoms with Crippen molar-refractivity contribution in [3.8, 4) is 0 Å². The lowest BCUT2D eigenvalue weighted by molar-refractivity contribution is 0.578. The molecule has 1 saturated heterocycles. The average molecular weight is 299 g/mol. The van der Waals surface area contributed by atoms with E-state index in [1.807, 2.05) is 30.5 Å². The maximum Gasteiger partial charge on any atom is 0.0816 e. The number of hydrogen-bond acceptors (Lipinski definition) is 2. The summed E-state index contributed by atoms with van der Waals surface area (Å²) < 4.78 is 0. The van der Waals surface area contributed by atoms with Gasteiger partial charge in [-0.2, -0.15) is 0 Å². The summed E-state index contributed by atoms with van der Waals surface area (Å²) in [5.74, 6) is 0. The molecular formula is C18H19ClN2. The fourth-order valence-corrected chi connectivity index (χ4v) is 2.81. The van der Waals surface area contributed by atoms with E-state index in [1.54, 1.807) is 0 Å². The molecule has 0 spiro atoms. The van der Waals surface area contributed by atoms with Crippen LogP contribution in [-0.4, -0.2) is 19.3 Å². The lowest BCUT2D eigenvalue weighted by Crippen LogP contribution is -2.29. The Kier molecular flexibility index (Phi) is 4.56. The molecule has 2 aromatic rings. The van der Waals surface area contributed by atoms with Gasteiger partial charge in [-0.1, -0.05) is 35.9 Å². The van der Waals surface area contributed by atoms with E-state index in [2.05, 4.69) is 34.2 Å². The molecule has 2 aromatic carbocycles. The highest BCUT2D eigenvalue weighted by molar-refractivity contribution is 6.33. The molecule has 0 aliphatic carbocycles. The Balaban J connectivity index is 1.71. The van der Waals surface area contributed by atoms with E-state index < -0.39 is 0 Å². The van der Waals surface area contributed by atoms with Gasteiger partial charge >= 0.3 is 0 Å². The Bertz CT molecular complexity index is 613. The second kappa shape index (κ2) is 6.77. The molecule has 0 atom stereocenters. The summed E-state index contributed by atoms with van der Waals surface area (Å²) in [6.45, 7) is 2.35. The number of hydrogen-bond donors (Lipinski definition) is 0. The minimum Gasteiger partial charge on any atom is -0.372 e. The van der Waals surface area contributed by atoms with Crippen molar-refractivity contribution < 1.29 is 0 Å². The molecule has 0 bridgehead atoms. The number of para-hydroxylation sites is 1. The van der Waals surface area contributed by atoms with Gasteiger partial charge in [-0.25, -0.2) is 0 Å². The third kappa shape index (κ3) is 3.64. The molecule has 1 aliphatic heterocycles. The first-order valence-electron chi connectivity index (χ1n) is 7.46. The van der Waals surface area contributed by atoms with Crippen molar-refractivity contribution in [1.29, 1.82) is 0 Å². The van der Waals surface area contributed by atoms with Crippen LogP contribution in [-0.2, 0) is 0 Å². The summed E-state index contributed by atoms with van der Waals surface area (Å²) in [6, 6.07) is 16.2. The highest BCUT2D eigenvalue weighted by Gasteiger charge is 2.10. The van der Waals surface area contributed by atoms with Crippen LogP contribution in [0.4, 0.5) is 11.4 Å². The molecule has 0 saturated carbocycles. The minimum atomic E-state index is 0.679. The van der Waals surface area contributed by atoms with E-state index in [4.69, 9.17) is 11.6 Å². The second-order valence-corrected chi connectivity index (χ2v) is 5.76. The first-order valence-corrected chi connectivity index (χ1v) is 7.84. The number of benzene rings is 2. The molecule has 0 unspecified atom stereocenters. The first-order chi connectivity index (χ1) is 10.3. The highest BCUT2D eigenvalue weighted by atomic mass is 35.5. The van der Waals surface area contributed by atoms with Gasteiger partial charge < -0.3 is 4.90 Å². The Morgan fingerprint density at radius 1 is 0.905 bits per heavy atom. The summed E-state index contributed by atoms with van der Waals surface area (Å²) in [5.41, 5.74) is 3.21. The molecule has 0 radical (unpaired) electrons. The summed E-state index contributed by atoms with van der Waals surface area (Å²) in [7, 11) is 0. The van der Waals surface area contributed by atoms with Crippen molar-refractivity contribution in [3.05, 3.63) is 59.1 Å². The van der Waals surface area contributed by atoms with Crippen LogP contribution in [0.5, 0.6) is 0 Å². The van der Waals surface area contributed by atoms with Gasteiger partial charge in [-0.05, 0) is 49.1 Å². The number of rotatable bonds is 3. The fourth-order valence-electron chi connectivity index (χ4n) is 2.62. The fraction of sp³-hybridized carbons (Fsp3) is 0.278. The largest absolute Gasteiger partial charge is 0.372 e. The second-order valence-electron chi connectivity index (χ2n) is 5.35. The van der Waals surface area contributed by atoms with Crippen LogP contribution >= 0.6 is 11.6 Å². The van der Waals surface area contributed by atoms with Gasteiger partial charge in [0.25, 0.3) is 0 Å². The summed E-state index contributed by atoms with van der Waals surface area (Å²) >= 11 is 6.10. The van der Waals surface area contributed by atoms with Gasteiger partial charge in [0.1, 0.15) is 0 Å². The smallest absolute Gasteiger partial charge is 0.0816 e. The zero-order chi connectivity index (χ0) is 14.5. The molecule has 0 amide bonds. The Morgan fingerprint density at radius 2 is 1.62 bits per heavy atom. The predicted octanol–water partition coefficient (Wildman–Crippen LogP) is 5.08. The van der Waals surface area contributed by atoms with Crippen LogP contribution in [0.15, 0.2) is 53.5 Å². The molecule has 3 heteroatoms. The number of aliphatic imine (C=N–C) groups is 1. The predicted molar refractivity (Wildman–Crippen MR) is 91.2 cm³/mol. The average Bonchev–Trinajstić information content (AvgIpc) is 2.55. The van der Waals surface area contributed by atoms with Gasteiger partial charge in [0.2, 0.25) is 0 Å². The Morgan fingerprint density at radius 3 is 2.33 bits per heavy atom. The topological polar surface area (TPSA) is 15.6 Å². The Labute approximate surface area is 131 Å².